The van der Waals surface area contributed by atoms with Crippen molar-refractivity contribution >= 4 is 23.3 Å². The van der Waals surface area contributed by atoms with Gasteiger partial charge in [-0.1, -0.05) is 12.1 Å². The normalized spacial score (nSPS) is 16.1. The quantitative estimate of drug-likeness (QED) is 0.570. The fourth-order valence-corrected chi connectivity index (χ4v) is 1.97. The summed E-state index contributed by atoms with van der Waals surface area (Å²) in [4.78, 5) is 37.9. The van der Waals surface area contributed by atoms with E-state index in [-0.39, 0.29) is 5.78 Å². The summed E-state index contributed by atoms with van der Waals surface area (Å²) in [7, 11) is 1.59. The van der Waals surface area contributed by atoms with Crippen LogP contribution in [0.4, 0.5) is 5.69 Å². The summed E-state index contributed by atoms with van der Waals surface area (Å²) >= 11 is 0. The number of anilines is 1. The van der Waals surface area contributed by atoms with Crippen molar-refractivity contribution in [3.05, 3.63) is 29.8 Å². The maximum absolute atomic E-state index is 11.9. The molecule has 18 heavy (non-hydrogen) atoms. The van der Waals surface area contributed by atoms with Gasteiger partial charge in [0.1, 0.15) is 0 Å². The lowest BCUT2D eigenvalue weighted by Crippen LogP contribution is -2.53. The molecule has 0 radical (unpaired) electrons. The predicted molar refractivity (Wildman–Crippen MR) is 66.4 cm³/mol. The zero-order valence-corrected chi connectivity index (χ0v) is 10.3. The largest absolute Gasteiger partial charge is 0.336 e. The number of amides is 2. The molecule has 0 N–H and O–H groups in total. The molecule has 5 nitrogen and oxygen atoms in total. The number of carbonyl (C=O) groups excluding carboxylic acids is 3. The van der Waals surface area contributed by atoms with E-state index in [0.29, 0.717) is 24.3 Å². The number of ketones is 1. The summed E-state index contributed by atoms with van der Waals surface area (Å²) in [5, 5.41) is 0. The van der Waals surface area contributed by atoms with Crippen LogP contribution < -0.4 is 4.90 Å². The Kier molecular flexibility index (Phi) is 3.14. The molecule has 5 heteroatoms. The number of likely N-dealkylation sites (N-methyl/N-ethyl adjacent to an activating group) is 1. The molecule has 1 aromatic rings. The average Bonchev–Trinajstić information content (AvgIpc) is 2.36. The molecule has 0 bridgehead atoms. The lowest BCUT2D eigenvalue weighted by atomic mass is 10.1. The number of para-hydroxylation sites is 1. The number of hydrogen-bond acceptors (Lipinski definition) is 3. The molecule has 1 fully saturated rings. The van der Waals surface area contributed by atoms with Crippen molar-refractivity contribution in [1.29, 1.82) is 0 Å². The Morgan fingerprint density at radius 3 is 2.44 bits per heavy atom. The summed E-state index contributed by atoms with van der Waals surface area (Å²) in [6, 6.07) is 6.83. The van der Waals surface area contributed by atoms with Crippen LogP contribution in [0.2, 0.25) is 0 Å². The molecule has 0 spiro atoms. The summed E-state index contributed by atoms with van der Waals surface area (Å²) < 4.78 is 0. The van der Waals surface area contributed by atoms with Gasteiger partial charge in [-0.25, -0.2) is 0 Å². The minimum atomic E-state index is -0.586. The standard InChI is InChI=1S/C13H14N2O3/c1-9(16)10-5-3-4-6-11(10)15-8-7-14(2)12(17)13(15)18/h3-6H,7-8H2,1-2H3. The smallest absolute Gasteiger partial charge is 0.316 e. The molecule has 94 valence electrons. The van der Waals surface area contributed by atoms with Gasteiger partial charge in [0.15, 0.2) is 5.78 Å². The molecule has 1 aliphatic heterocycles. The maximum atomic E-state index is 11.9. The molecule has 1 aromatic carbocycles. The van der Waals surface area contributed by atoms with Crippen LogP contribution in [-0.2, 0) is 9.59 Å². The Labute approximate surface area is 105 Å². The summed E-state index contributed by atoms with van der Waals surface area (Å²) in [5.74, 6) is -1.25. The highest BCUT2D eigenvalue weighted by Gasteiger charge is 2.32. The second-order valence-electron chi connectivity index (χ2n) is 4.26. The monoisotopic (exact) mass is 246 g/mol. The number of benzene rings is 1. The number of hydrogen-bond donors (Lipinski definition) is 0. The van der Waals surface area contributed by atoms with Gasteiger partial charge in [0.05, 0.1) is 5.69 Å². The third kappa shape index (κ3) is 1.99. The average molecular weight is 246 g/mol. The highest BCUT2D eigenvalue weighted by molar-refractivity contribution is 6.41. The molecule has 2 rings (SSSR count). The van der Waals surface area contributed by atoms with Crippen LogP contribution in [0, 0.1) is 0 Å². The predicted octanol–water partition coefficient (Wildman–Crippen LogP) is 0.694. The van der Waals surface area contributed by atoms with Crippen LogP contribution >= 0.6 is 0 Å². The Morgan fingerprint density at radius 2 is 1.78 bits per heavy atom. The topological polar surface area (TPSA) is 57.7 Å². The van der Waals surface area contributed by atoms with Crippen LogP contribution in [0.3, 0.4) is 0 Å². The summed E-state index contributed by atoms with van der Waals surface area (Å²) in [5.41, 5.74) is 0.972. The lowest BCUT2D eigenvalue weighted by Gasteiger charge is -2.32. The molecular formula is C13H14N2O3. The molecule has 0 atom stereocenters. The first kappa shape index (κ1) is 12.3. The van der Waals surface area contributed by atoms with Gasteiger partial charge in [0.25, 0.3) is 0 Å². The van der Waals surface area contributed by atoms with Gasteiger partial charge in [-0.05, 0) is 19.1 Å². The summed E-state index contributed by atoms with van der Waals surface area (Å²) in [6.45, 7) is 2.32. The molecule has 1 heterocycles. The van der Waals surface area contributed by atoms with Crippen molar-refractivity contribution in [3.63, 3.8) is 0 Å². The first-order valence-electron chi connectivity index (χ1n) is 5.69. The Morgan fingerprint density at radius 1 is 1.11 bits per heavy atom. The minimum absolute atomic E-state index is 0.121. The summed E-state index contributed by atoms with van der Waals surface area (Å²) in [6.07, 6.45) is 0. The van der Waals surface area contributed by atoms with E-state index in [0.717, 1.165) is 0 Å². The highest BCUT2D eigenvalue weighted by atomic mass is 16.2. The van der Waals surface area contributed by atoms with E-state index in [4.69, 9.17) is 0 Å². The van der Waals surface area contributed by atoms with E-state index >= 15 is 0 Å². The molecule has 1 aliphatic rings. The zero-order valence-electron chi connectivity index (χ0n) is 10.3. The van der Waals surface area contributed by atoms with E-state index < -0.39 is 11.8 Å². The second-order valence-corrected chi connectivity index (χ2v) is 4.26. The SMILES string of the molecule is CC(=O)c1ccccc1N1CCN(C)C(=O)C1=O. The van der Waals surface area contributed by atoms with Gasteiger partial charge in [-0.2, -0.15) is 0 Å². The Hall–Kier alpha value is -2.17. The number of rotatable bonds is 2. The Bertz CT molecular complexity index is 525. The zero-order chi connectivity index (χ0) is 13.3. The lowest BCUT2D eigenvalue weighted by molar-refractivity contribution is -0.145. The van der Waals surface area contributed by atoms with Crippen molar-refractivity contribution < 1.29 is 14.4 Å². The van der Waals surface area contributed by atoms with E-state index in [1.165, 1.54) is 16.7 Å². The third-order valence-corrected chi connectivity index (χ3v) is 3.01. The van der Waals surface area contributed by atoms with Crippen molar-refractivity contribution in [1.82, 2.24) is 4.90 Å². The van der Waals surface area contributed by atoms with Crippen molar-refractivity contribution in [2.75, 3.05) is 25.0 Å². The van der Waals surface area contributed by atoms with Crippen molar-refractivity contribution in [2.45, 2.75) is 6.92 Å². The molecule has 2 amide bonds. The van der Waals surface area contributed by atoms with Gasteiger partial charge in [0.2, 0.25) is 0 Å². The van der Waals surface area contributed by atoms with Crippen LogP contribution in [0.15, 0.2) is 24.3 Å². The molecule has 1 saturated heterocycles. The fraction of sp³-hybridized carbons (Fsp3) is 0.308. The third-order valence-electron chi connectivity index (χ3n) is 3.01. The highest BCUT2D eigenvalue weighted by Crippen LogP contribution is 2.22. The fourth-order valence-electron chi connectivity index (χ4n) is 1.97. The van der Waals surface area contributed by atoms with Crippen molar-refractivity contribution in [2.24, 2.45) is 0 Å². The number of nitrogens with zero attached hydrogens (tertiary/aromatic N) is 2. The molecular weight excluding hydrogens is 232 g/mol. The van der Waals surface area contributed by atoms with Crippen LogP contribution in [0.25, 0.3) is 0 Å². The number of carbonyl (C=O) groups is 3. The van der Waals surface area contributed by atoms with Crippen molar-refractivity contribution in [3.8, 4) is 0 Å². The molecule has 0 aliphatic carbocycles. The van der Waals surface area contributed by atoms with E-state index in [9.17, 15) is 14.4 Å². The molecule has 0 aromatic heterocycles. The maximum Gasteiger partial charge on any atom is 0.316 e. The number of Topliss-reactive ketones (excluding diaryl/α,β-unsaturated/α-hetero) is 1. The van der Waals surface area contributed by atoms with Crippen LogP contribution in [0.5, 0.6) is 0 Å². The minimum Gasteiger partial charge on any atom is -0.336 e. The molecule has 0 saturated carbocycles. The van der Waals surface area contributed by atoms with E-state index in [2.05, 4.69) is 0 Å². The Balaban J connectivity index is 2.41. The first-order valence-corrected chi connectivity index (χ1v) is 5.69. The first-order chi connectivity index (χ1) is 8.52. The van der Waals surface area contributed by atoms with Gasteiger partial charge >= 0.3 is 11.8 Å². The van der Waals surface area contributed by atoms with Gasteiger partial charge in [0, 0.05) is 25.7 Å². The van der Waals surface area contributed by atoms with Gasteiger partial charge in [-0.3, -0.25) is 14.4 Å². The molecule has 0 unspecified atom stereocenters. The van der Waals surface area contributed by atoms with Gasteiger partial charge in [-0.15, -0.1) is 0 Å². The van der Waals surface area contributed by atoms with E-state index in [1.54, 1.807) is 31.3 Å². The van der Waals surface area contributed by atoms with E-state index in [1.807, 2.05) is 0 Å². The van der Waals surface area contributed by atoms with Gasteiger partial charge < -0.3 is 9.80 Å². The van der Waals surface area contributed by atoms with Crippen LogP contribution in [-0.4, -0.2) is 42.6 Å². The van der Waals surface area contributed by atoms with Crippen LogP contribution in [0.1, 0.15) is 17.3 Å². The number of piperazine rings is 1. The second kappa shape index (κ2) is 4.60.